The summed E-state index contributed by atoms with van der Waals surface area (Å²) in [7, 11) is 0. The molecule has 0 atom stereocenters. The fourth-order valence-corrected chi connectivity index (χ4v) is 2.72. The number of aromatic nitrogens is 1. The number of alkyl halides is 2. The lowest BCUT2D eigenvalue weighted by molar-refractivity contribution is 0.0245. The van der Waals surface area contributed by atoms with Crippen molar-refractivity contribution in [2.45, 2.75) is 50.6 Å². The maximum atomic E-state index is 12.3. The van der Waals surface area contributed by atoms with Crippen molar-refractivity contribution in [3.8, 4) is 5.75 Å². The zero-order valence-corrected chi connectivity index (χ0v) is 12.9. The SMILES string of the molecule is O=C(NCC1(O)CCCCCC1)c1ncccc1OCC(F)F. The van der Waals surface area contributed by atoms with E-state index in [0.29, 0.717) is 12.8 Å². The van der Waals surface area contributed by atoms with Gasteiger partial charge in [0.1, 0.15) is 6.61 Å². The Balaban J connectivity index is 1.97. The number of nitrogens with zero attached hydrogens (tertiary/aromatic N) is 1. The number of carbonyl (C=O) groups excluding carboxylic acids is 1. The molecule has 7 heteroatoms. The fraction of sp³-hybridized carbons (Fsp3) is 0.625. The summed E-state index contributed by atoms with van der Waals surface area (Å²) in [4.78, 5) is 16.1. The molecule has 1 heterocycles. The first-order valence-electron chi connectivity index (χ1n) is 7.87. The smallest absolute Gasteiger partial charge is 0.273 e. The molecule has 1 saturated carbocycles. The van der Waals surface area contributed by atoms with Crippen LogP contribution in [0.2, 0.25) is 0 Å². The van der Waals surface area contributed by atoms with Gasteiger partial charge in [0, 0.05) is 12.7 Å². The fourth-order valence-electron chi connectivity index (χ4n) is 2.72. The lowest BCUT2D eigenvalue weighted by Crippen LogP contribution is -2.42. The molecule has 0 aromatic carbocycles. The number of amides is 1. The van der Waals surface area contributed by atoms with Crippen LogP contribution < -0.4 is 10.1 Å². The molecule has 0 bridgehead atoms. The van der Waals surface area contributed by atoms with Crippen molar-refractivity contribution >= 4 is 5.91 Å². The number of hydrogen-bond donors (Lipinski definition) is 2. The first kappa shape index (κ1) is 17.6. The molecule has 2 rings (SSSR count). The Bertz CT molecular complexity index is 518. The second-order valence-electron chi connectivity index (χ2n) is 5.87. The summed E-state index contributed by atoms with van der Waals surface area (Å²) in [5, 5.41) is 13.2. The summed E-state index contributed by atoms with van der Waals surface area (Å²) in [6.07, 6.45) is 4.08. The van der Waals surface area contributed by atoms with Gasteiger partial charge in [-0.2, -0.15) is 0 Å². The van der Waals surface area contributed by atoms with Crippen molar-refractivity contribution < 1.29 is 23.4 Å². The number of rotatable bonds is 6. The van der Waals surface area contributed by atoms with Gasteiger partial charge in [0.05, 0.1) is 5.60 Å². The predicted molar refractivity (Wildman–Crippen MR) is 80.7 cm³/mol. The normalized spacial score (nSPS) is 17.6. The summed E-state index contributed by atoms with van der Waals surface area (Å²) in [6, 6.07) is 2.93. The summed E-state index contributed by atoms with van der Waals surface area (Å²) >= 11 is 0. The average Bonchev–Trinajstić information content (AvgIpc) is 2.76. The van der Waals surface area contributed by atoms with Gasteiger partial charge < -0.3 is 15.2 Å². The molecule has 128 valence electrons. The summed E-state index contributed by atoms with van der Waals surface area (Å²) in [5.41, 5.74) is -0.962. The van der Waals surface area contributed by atoms with Crippen LogP contribution in [0, 0.1) is 0 Å². The van der Waals surface area contributed by atoms with E-state index >= 15 is 0 Å². The molecule has 23 heavy (non-hydrogen) atoms. The van der Waals surface area contributed by atoms with Gasteiger partial charge in [-0.15, -0.1) is 0 Å². The van der Waals surface area contributed by atoms with Crippen LogP contribution in [0.15, 0.2) is 18.3 Å². The van der Waals surface area contributed by atoms with Crippen LogP contribution in [-0.4, -0.2) is 41.2 Å². The minimum atomic E-state index is -2.63. The highest BCUT2D eigenvalue weighted by Gasteiger charge is 2.29. The third-order valence-corrected chi connectivity index (χ3v) is 3.96. The Morgan fingerprint density at radius 3 is 2.70 bits per heavy atom. The molecule has 1 fully saturated rings. The molecule has 1 amide bonds. The molecular weight excluding hydrogens is 306 g/mol. The molecule has 5 nitrogen and oxygen atoms in total. The van der Waals surface area contributed by atoms with Crippen molar-refractivity contribution in [3.63, 3.8) is 0 Å². The van der Waals surface area contributed by atoms with Gasteiger partial charge in [0.2, 0.25) is 0 Å². The molecule has 0 aliphatic heterocycles. The Morgan fingerprint density at radius 2 is 2.04 bits per heavy atom. The molecule has 0 saturated heterocycles. The first-order chi connectivity index (χ1) is 11.0. The molecule has 1 aromatic heterocycles. The Labute approximate surface area is 134 Å². The van der Waals surface area contributed by atoms with E-state index in [1.807, 2.05) is 0 Å². The molecular formula is C16H22F2N2O3. The number of nitrogens with one attached hydrogen (secondary N) is 1. The molecule has 0 radical (unpaired) electrons. The Morgan fingerprint density at radius 1 is 1.35 bits per heavy atom. The zero-order valence-electron chi connectivity index (χ0n) is 12.9. The third kappa shape index (κ3) is 5.42. The quantitative estimate of drug-likeness (QED) is 0.787. The van der Waals surface area contributed by atoms with Gasteiger partial charge in [-0.05, 0) is 25.0 Å². The van der Waals surface area contributed by atoms with Crippen LogP contribution in [-0.2, 0) is 0 Å². The van der Waals surface area contributed by atoms with E-state index in [-0.39, 0.29) is 18.0 Å². The molecule has 1 aromatic rings. The first-order valence-corrected chi connectivity index (χ1v) is 7.87. The van der Waals surface area contributed by atoms with Crippen molar-refractivity contribution in [1.29, 1.82) is 0 Å². The summed E-state index contributed by atoms with van der Waals surface area (Å²) < 4.78 is 29.4. The summed E-state index contributed by atoms with van der Waals surface area (Å²) in [6.45, 7) is -0.674. The van der Waals surface area contributed by atoms with Crippen molar-refractivity contribution in [2.24, 2.45) is 0 Å². The van der Waals surface area contributed by atoms with E-state index in [1.54, 1.807) is 0 Å². The van der Waals surface area contributed by atoms with Crippen LogP contribution in [0.25, 0.3) is 0 Å². The maximum absolute atomic E-state index is 12.3. The number of hydrogen-bond acceptors (Lipinski definition) is 4. The van der Waals surface area contributed by atoms with Crippen LogP contribution in [0.1, 0.15) is 49.0 Å². The standard InChI is InChI=1S/C16H22F2N2O3/c17-13(18)10-23-12-6-5-9-19-14(12)15(21)20-11-16(22)7-3-1-2-4-8-16/h5-6,9,13,22H,1-4,7-8,10-11H2,(H,20,21). The Kier molecular flexibility index (Phi) is 6.27. The van der Waals surface area contributed by atoms with E-state index in [2.05, 4.69) is 10.3 Å². The molecule has 2 N–H and O–H groups in total. The lowest BCUT2D eigenvalue weighted by Gasteiger charge is -2.26. The van der Waals surface area contributed by atoms with Crippen molar-refractivity contribution in [2.75, 3.05) is 13.2 Å². The molecule has 0 spiro atoms. The highest BCUT2D eigenvalue weighted by Crippen LogP contribution is 2.26. The van der Waals surface area contributed by atoms with Gasteiger partial charge >= 0.3 is 0 Å². The van der Waals surface area contributed by atoms with E-state index in [0.717, 1.165) is 25.7 Å². The van der Waals surface area contributed by atoms with Crippen molar-refractivity contribution in [3.05, 3.63) is 24.0 Å². The molecule has 0 unspecified atom stereocenters. The van der Waals surface area contributed by atoms with Gasteiger partial charge in [0.15, 0.2) is 11.4 Å². The Hall–Kier alpha value is -1.76. The molecule has 1 aliphatic rings. The van der Waals surface area contributed by atoms with Crippen LogP contribution in [0.4, 0.5) is 8.78 Å². The largest absolute Gasteiger partial charge is 0.485 e. The number of pyridine rings is 1. The van der Waals surface area contributed by atoms with Gasteiger partial charge in [-0.1, -0.05) is 25.7 Å². The monoisotopic (exact) mass is 328 g/mol. The van der Waals surface area contributed by atoms with E-state index < -0.39 is 24.5 Å². The minimum absolute atomic E-state index is 0.0122. The summed E-state index contributed by atoms with van der Waals surface area (Å²) in [5.74, 6) is -0.523. The second kappa shape index (κ2) is 8.19. The van der Waals surface area contributed by atoms with E-state index in [9.17, 15) is 18.7 Å². The van der Waals surface area contributed by atoms with Crippen LogP contribution >= 0.6 is 0 Å². The topological polar surface area (TPSA) is 71.5 Å². The molecule has 1 aliphatic carbocycles. The van der Waals surface area contributed by atoms with Gasteiger partial charge in [0.25, 0.3) is 12.3 Å². The number of aliphatic hydroxyl groups is 1. The average molecular weight is 328 g/mol. The second-order valence-corrected chi connectivity index (χ2v) is 5.87. The predicted octanol–water partition coefficient (Wildman–Crippen LogP) is 2.54. The number of carbonyl (C=O) groups is 1. The van der Waals surface area contributed by atoms with Crippen LogP contribution in [0.5, 0.6) is 5.75 Å². The van der Waals surface area contributed by atoms with E-state index in [1.165, 1.54) is 18.3 Å². The number of ether oxygens (including phenoxy) is 1. The lowest BCUT2D eigenvalue weighted by atomic mass is 9.94. The van der Waals surface area contributed by atoms with Gasteiger partial charge in [-0.25, -0.2) is 13.8 Å². The van der Waals surface area contributed by atoms with Crippen LogP contribution in [0.3, 0.4) is 0 Å². The third-order valence-electron chi connectivity index (χ3n) is 3.96. The van der Waals surface area contributed by atoms with E-state index in [4.69, 9.17) is 4.74 Å². The number of halogens is 2. The van der Waals surface area contributed by atoms with Gasteiger partial charge in [-0.3, -0.25) is 4.79 Å². The van der Waals surface area contributed by atoms with Crippen molar-refractivity contribution in [1.82, 2.24) is 10.3 Å². The maximum Gasteiger partial charge on any atom is 0.273 e. The zero-order chi connectivity index (χ0) is 16.7. The highest BCUT2D eigenvalue weighted by atomic mass is 19.3. The minimum Gasteiger partial charge on any atom is -0.485 e. The highest BCUT2D eigenvalue weighted by molar-refractivity contribution is 5.94.